The molecule has 0 fully saturated rings. The minimum Gasteiger partial charge on any atom is -0.435 e. The molecule has 0 atom stereocenters. The van der Waals surface area contributed by atoms with E-state index in [2.05, 4.69) is 0 Å². The normalized spacial score (nSPS) is 12.9. The summed E-state index contributed by atoms with van der Waals surface area (Å²) < 4.78 is 7.73. The number of hydrogen-bond acceptors (Lipinski definition) is 4. The molecular weight excluding hydrogens is 294 g/mol. The SMILES string of the molecule is Cc1cc([N+](=O)[O-])cc2c1OC[N+](c1ccc(N(C)C)cc1)=C2. The molecule has 0 amide bonds. The maximum absolute atomic E-state index is 11.0. The summed E-state index contributed by atoms with van der Waals surface area (Å²) in [6, 6.07) is 11.1. The number of rotatable bonds is 3. The van der Waals surface area contributed by atoms with Gasteiger partial charge in [-0.25, -0.2) is 0 Å². The molecule has 3 rings (SSSR count). The van der Waals surface area contributed by atoms with Gasteiger partial charge in [-0.1, -0.05) is 0 Å². The third-order valence-corrected chi connectivity index (χ3v) is 3.84. The van der Waals surface area contributed by atoms with Crippen molar-refractivity contribution in [2.24, 2.45) is 0 Å². The van der Waals surface area contributed by atoms with Crippen molar-refractivity contribution < 1.29 is 14.2 Å². The minimum atomic E-state index is -0.383. The van der Waals surface area contributed by atoms with Crippen molar-refractivity contribution in [3.8, 4) is 5.75 Å². The summed E-state index contributed by atoms with van der Waals surface area (Å²) in [7, 11) is 3.98. The molecule has 0 aromatic heterocycles. The highest BCUT2D eigenvalue weighted by atomic mass is 16.6. The van der Waals surface area contributed by atoms with Crippen molar-refractivity contribution >= 4 is 23.3 Å². The number of hydrogen-bond donors (Lipinski definition) is 0. The van der Waals surface area contributed by atoms with E-state index in [0.717, 1.165) is 22.5 Å². The van der Waals surface area contributed by atoms with E-state index in [9.17, 15) is 10.1 Å². The van der Waals surface area contributed by atoms with Crippen molar-refractivity contribution in [3.63, 3.8) is 0 Å². The minimum absolute atomic E-state index is 0.0749. The molecule has 0 bridgehead atoms. The van der Waals surface area contributed by atoms with Crippen LogP contribution < -0.4 is 9.64 Å². The second-order valence-corrected chi connectivity index (χ2v) is 5.72. The lowest BCUT2D eigenvalue weighted by atomic mass is 10.1. The molecule has 118 valence electrons. The Morgan fingerprint density at radius 1 is 1.22 bits per heavy atom. The highest BCUT2D eigenvalue weighted by Crippen LogP contribution is 2.31. The zero-order valence-electron chi connectivity index (χ0n) is 13.3. The number of nitrogens with zero attached hydrogens (tertiary/aromatic N) is 3. The zero-order chi connectivity index (χ0) is 16.6. The Bertz CT molecular complexity index is 795. The van der Waals surface area contributed by atoms with Gasteiger partial charge in [-0.2, -0.15) is 4.58 Å². The molecule has 0 saturated heterocycles. The molecule has 6 nitrogen and oxygen atoms in total. The lowest BCUT2D eigenvalue weighted by Crippen LogP contribution is -2.21. The van der Waals surface area contributed by atoms with Gasteiger partial charge >= 0.3 is 0 Å². The Morgan fingerprint density at radius 3 is 2.52 bits per heavy atom. The summed E-state index contributed by atoms with van der Waals surface area (Å²) in [6.07, 6.45) is 1.89. The van der Waals surface area contributed by atoms with Gasteiger partial charge in [0, 0.05) is 44.0 Å². The largest absolute Gasteiger partial charge is 0.435 e. The van der Waals surface area contributed by atoms with Gasteiger partial charge in [0.25, 0.3) is 12.4 Å². The quantitative estimate of drug-likeness (QED) is 0.496. The average Bonchev–Trinajstić information content (AvgIpc) is 2.54. The number of ether oxygens (including phenoxy) is 1. The summed E-state index contributed by atoms with van der Waals surface area (Å²) in [6.45, 7) is 2.20. The molecule has 0 unspecified atom stereocenters. The van der Waals surface area contributed by atoms with Crippen molar-refractivity contribution in [2.45, 2.75) is 6.92 Å². The van der Waals surface area contributed by atoms with Gasteiger partial charge in [0.2, 0.25) is 5.69 Å². The van der Waals surface area contributed by atoms with E-state index >= 15 is 0 Å². The maximum Gasteiger partial charge on any atom is 0.292 e. The summed E-state index contributed by atoms with van der Waals surface area (Å²) in [5, 5.41) is 11.0. The first-order chi connectivity index (χ1) is 11.0. The van der Waals surface area contributed by atoms with Crippen LogP contribution in [0.3, 0.4) is 0 Å². The molecule has 0 aliphatic carbocycles. The van der Waals surface area contributed by atoms with Gasteiger partial charge in [-0.15, -0.1) is 0 Å². The predicted molar refractivity (Wildman–Crippen MR) is 89.2 cm³/mol. The number of aryl methyl sites for hydroxylation is 1. The monoisotopic (exact) mass is 312 g/mol. The summed E-state index contributed by atoms with van der Waals surface area (Å²) in [4.78, 5) is 12.7. The molecule has 0 N–H and O–H groups in total. The number of non-ortho nitro benzene ring substituents is 1. The third-order valence-electron chi connectivity index (χ3n) is 3.84. The lowest BCUT2D eigenvalue weighted by molar-refractivity contribution is -0.476. The lowest BCUT2D eigenvalue weighted by Gasteiger charge is -2.16. The topological polar surface area (TPSA) is 58.6 Å². The maximum atomic E-state index is 11.0. The summed E-state index contributed by atoms with van der Waals surface area (Å²) in [5.74, 6) is 0.705. The highest BCUT2D eigenvalue weighted by molar-refractivity contribution is 5.83. The van der Waals surface area contributed by atoms with Crippen molar-refractivity contribution in [1.82, 2.24) is 0 Å². The van der Waals surface area contributed by atoms with Crippen molar-refractivity contribution in [1.29, 1.82) is 0 Å². The first kappa shape index (κ1) is 15.0. The fraction of sp³-hybridized carbons (Fsp3) is 0.235. The summed E-state index contributed by atoms with van der Waals surface area (Å²) >= 11 is 0. The van der Waals surface area contributed by atoms with E-state index in [0.29, 0.717) is 12.5 Å². The Hall–Kier alpha value is -2.89. The van der Waals surface area contributed by atoms with E-state index in [4.69, 9.17) is 4.74 Å². The number of nitro benzene ring substituents is 1. The molecule has 0 spiro atoms. The molecule has 6 heteroatoms. The Kier molecular flexibility index (Phi) is 3.73. The van der Waals surface area contributed by atoms with Crippen LogP contribution in [0.4, 0.5) is 17.1 Å². The van der Waals surface area contributed by atoms with Crippen LogP contribution >= 0.6 is 0 Å². The van der Waals surface area contributed by atoms with Gasteiger partial charge in [0.05, 0.1) is 10.5 Å². The van der Waals surface area contributed by atoms with Crippen LogP contribution in [0.2, 0.25) is 0 Å². The Labute approximate surface area is 134 Å². The molecule has 2 aromatic rings. The summed E-state index contributed by atoms with van der Waals surface area (Å²) in [5.41, 5.74) is 3.66. The van der Waals surface area contributed by atoms with Crippen LogP contribution in [0.25, 0.3) is 0 Å². The van der Waals surface area contributed by atoms with Crippen LogP contribution in [0.5, 0.6) is 5.75 Å². The van der Waals surface area contributed by atoms with Gasteiger partial charge in [-0.3, -0.25) is 10.1 Å². The predicted octanol–water partition coefficient (Wildman–Crippen LogP) is 3.08. The van der Waals surface area contributed by atoms with Crippen molar-refractivity contribution in [2.75, 3.05) is 25.7 Å². The standard InChI is InChI=1S/C17H18N3O3/c1-12-8-16(20(21)22)9-13-10-19(11-23-17(12)13)15-6-4-14(5-7-15)18(2)3/h4-10H,11H2,1-3H3/q+1. The van der Waals surface area contributed by atoms with E-state index in [1.54, 1.807) is 6.07 Å². The van der Waals surface area contributed by atoms with Crippen LogP contribution in [0.15, 0.2) is 36.4 Å². The molecule has 1 heterocycles. The number of fused-ring (bicyclic) bond motifs is 1. The Balaban J connectivity index is 2.00. The number of benzene rings is 2. The van der Waals surface area contributed by atoms with E-state index in [1.807, 2.05) is 61.0 Å². The van der Waals surface area contributed by atoms with Gasteiger partial charge in [0.15, 0.2) is 6.21 Å². The van der Waals surface area contributed by atoms with Gasteiger partial charge in [-0.05, 0) is 24.6 Å². The molecule has 2 aromatic carbocycles. The third kappa shape index (κ3) is 2.88. The van der Waals surface area contributed by atoms with Crippen LogP contribution in [-0.2, 0) is 0 Å². The number of nitro groups is 1. The molecule has 1 aliphatic heterocycles. The molecule has 23 heavy (non-hydrogen) atoms. The number of anilines is 1. The smallest absolute Gasteiger partial charge is 0.292 e. The molecular formula is C17H18N3O3+. The van der Waals surface area contributed by atoms with Gasteiger partial charge in [0.1, 0.15) is 5.75 Å². The molecule has 1 aliphatic rings. The van der Waals surface area contributed by atoms with Gasteiger partial charge < -0.3 is 9.64 Å². The average molecular weight is 312 g/mol. The van der Waals surface area contributed by atoms with Crippen molar-refractivity contribution in [3.05, 3.63) is 57.6 Å². The first-order valence-electron chi connectivity index (χ1n) is 7.26. The fourth-order valence-electron chi connectivity index (χ4n) is 2.61. The van der Waals surface area contributed by atoms with Crippen LogP contribution in [0, 0.1) is 17.0 Å². The molecule has 0 saturated carbocycles. The fourth-order valence-corrected chi connectivity index (χ4v) is 2.61. The zero-order valence-corrected chi connectivity index (χ0v) is 13.3. The second kappa shape index (κ2) is 5.72. The van der Waals surface area contributed by atoms with E-state index in [1.165, 1.54) is 6.07 Å². The second-order valence-electron chi connectivity index (χ2n) is 5.72. The van der Waals surface area contributed by atoms with Crippen LogP contribution in [-0.4, -0.2) is 36.5 Å². The Morgan fingerprint density at radius 2 is 1.91 bits per heavy atom. The highest BCUT2D eigenvalue weighted by Gasteiger charge is 2.23. The van der Waals surface area contributed by atoms with Crippen LogP contribution in [0.1, 0.15) is 11.1 Å². The van der Waals surface area contributed by atoms with E-state index in [-0.39, 0.29) is 10.6 Å². The van der Waals surface area contributed by atoms with E-state index < -0.39 is 0 Å². The first-order valence-corrected chi connectivity index (χ1v) is 7.26. The molecule has 0 radical (unpaired) electrons.